The van der Waals surface area contributed by atoms with Crippen molar-refractivity contribution in [3.63, 3.8) is 0 Å². The van der Waals surface area contributed by atoms with Crippen molar-refractivity contribution >= 4 is 11.9 Å². The molecule has 3 atom stereocenters. The third-order valence-corrected chi connectivity index (χ3v) is 6.16. The summed E-state index contributed by atoms with van der Waals surface area (Å²) in [6.45, 7) is 9.14. The zero-order chi connectivity index (χ0) is 17.9. The van der Waals surface area contributed by atoms with Gasteiger partial charge in [0.1, 0.15) is 0 Å². The van der Waals surface area contributed by atoms with E-state index in [4.69, 9.17) is 0 Å². The maximum atomic E-state index is 13.7. The van der Waals surface area contributed by atoms with Gasteiger partial charge in [0.15, 0.2) is 0 Å². The number of hydrogen-bond acceptors (Lipinski definition) is 4. The summed E-state index contributed by atoms with van der Waals surface area (Å²) in [6, 6.07) is 0. The fraction of sp³-hybridized carbons (Fsp3) is 0.722. The van der Waals surface area contributed by atoms with Crippen LogP contribution in [0.5, 0.6) is 0 Å². The summed E-state index contributed by atoms with van der Waals surface area (Å²) >= 11 is 0. The maximum Gasteiger partial charge on any atom is 0.288 e. The fourth-order valence-electron chi connectivity index (χ4n) is 4.33. The summed E-state index contributed by atoms with van der Waals surface area (Å²) in [6.07, 6.45) is 1.38. The molecule has 7 heteroatoms. The molecular formula is C18H25FN4O2. The van der Waals surface area contributed by atoms with E-state index in [2.05, 4.69) is 23.8 Å². The molecule has 136 valence electrons. The van der Waals surface area contributed by atoms with Crippen molar-refractivity contribution < 1.29 is 9.18 Å². The molecule has 0 aromatic carbocycles. The van der Waals surface area contributed by atoms with Crippen molar-refractivity contribution in [3.05, 3.63) is 21.9 Å². The van der Waals surface area contributed by atoms with E-state index < -0.39 is 11.4 Å². The van der Waals surface area contributed by atoms with Gasteiger partial charge in [-0.1, -0.05) is 20.8 Å². The molecule has 0 bridgehead atoms. The first-order chi connectivity index (χ1) is 11.8. The third kappa shape index (κ3) is 2.73. The quantitative estimate of drug-likeness (QED) is 0.897. The molecule has 2 saturated heterocycles. The fourth-order valence-corrected chi connectivity index (χ4v) is 4.33. The minimum atomic E-state index is -0.783. The van der Waals surface area contributed by atoms with E-state index in [0.29, 0.717) is 30.1 Å². The Labute approximate surface area is 146 Å². The van der Waals surface area contributed by atoms with E-state index in [9.17, 15) is 14.0 Å². The highest BCUT2D eigenvalue weighted by Crippen LogP contribution is 2.53. The van der Waals surface area contributed by atoms with Crippen LogP contribution in [0.25, 0.3) is 0 Å². The molecule has 3 unspecified atom stereocenters. The number of carbonyl (C=O) groups excluding carboxylic acids is 1. The molecule has 1 aliphatic carbocycles. The second-order valence-corrected chi connectivity index (χ2v) is 8.42. The predicted octanol–water partition coefficient (Wildman–Crippen LogP) is 1.41. The molecule has 1 amide bonds. The Bertz CT molecular complexity index is 761. The van der Waals surface area contributed by atoms with Crippen LogP contribution >= 0.6 is 0 Å². The van der Waals surface area contributed by atoms with E-state index in [1.807, 2.05) is 9.80 Å². The number of hydrogen-bond donors (Lipinski definition) is 1. The number of aromatic nitrogens is 2. The van der Waals surface area contributed by atoms with Gasteiger partial charge in [-0.2, -0.15) is 4.39 Å². The van der Waals surface area contributed by atoms with Crippen molar-refractivity contribution in [1.29, 1.82) is 0 Å². The molecule has 2 aliphatic heterocycles. The normalized spacial score (nSPS) is 29.8. The van der Waals surface area contributed by atoms with Crippen molar-refractivity contribution in [3.8, 4) is 0 Å². The maximum absolute atomic E-state index is 13.7. The summed E-state index contributed by atoms with van der Waals surface area (Å²) in [5, 5.41) is 0. The first kappa shape index (κ1) is 16.5. The molecule has 1 aromatic heterocycles. The van der Waals surface area contributed by atoms with Gasteiger partial charge in [0, 0.05) is 43.9 Å². The summed E-state index contributed by atoms with van der Waals surface area (Å²) in [4.78, 5) is 35.2. The molecular weight excluding hydrogens is 323 g/mol. The van der Waals surface area contributed by atoms with Crippen molar-refractivity contribution in [1.82, 2.24) is 14.9 Å². The molecule has 1 aromatic rings. The number of carbonyl (C=O) groups is 1. The molecule has 4 rings (SSSR count). The number of likely N-dealkylation sites (tertiary alicyclic amines) is 1. The number of amides is 1. The molecule has 1 N–H and O–H groups in total. The predicted molar refractivity (Wildman–Crippen MR) is 91.9 cm³/mol. The number of halogens is 1. The molecule has 1 saturated carbocycles. The Morgan fingerprint density at radius 1 is 1.28 bits per heavy atom. The first-order valence-corrected chi connectivity index (χ1v) is 9.12. The monoisotopic (exact) mass is 348 g/mol. The van der Waals surface area contributed by atoms with E-state index >= 15 is 0 Å². The lowest BCUT2D eigenvalue weighted by Gasteiger charge is -2.23. The van der Waals surface area contributed by atoms with E-state index in [1.165, 1.54) is 0 Å². The Morgan fingerprint density at radius 2 is 1.88 bits per heavy atom. The van der Waals surface area contributed by atoms with Crippen LogP contribution in [0.4, 0.5) is 10.3 Å². The van der Waals surface area contributed by atoms with Crippen molar-refractivity contribution in [2.75, 3.05) is 31.1 Å². The highest BCUT2D eigenvalue weighted by atomic mass is 19.1. The van der Waals surface area contributed by atoms with E-state index in [1.54, 1.807) is 6.92 Å². The van der Waals surface area contributed by atoms with Gasteiger partial charge in [-0.25, -0.2) is 4.98 Å². The van der Waals surface area contributed by atoms with Gasteiger partial charge >= 0.3 is 0 Å². The largest absolute Gasteiger partial charge is 0.342 e. The Hall–Kier alpha value is -1.92. The smallest absolute Gasteiger partial charge is 0.288 e. The zero-order valence-electron chi connectivity index (χ0n) is 15.0. The van der Waals surface area contributed by atoms with Gasteiger partial charge in [0.2, 0.25) is 17.7 Å². The van der Waals surface area contributed by atoms with Gasteiger partial charge in [-0.15, -0.1) is 0 Å². The first-order valence-electron chi connectivity index (χ1n) is 9.12. The van der Waals surface area contributed by atoms with Crippen molar-refractivity contribution in [2.45, 2.75) is 33.6 Å². The molecule has 3 aliphatic rings. The summed E-state index contributed by atoms with van der Waals surface area (Å²) in [5.74, 6) is 0.947. The molecule has 0 radical (unpaired) electrons. The summed E-state index contributed by atoms with van der Waals surface area (Å²) < 4.78 is 13.7. The minimum Gasteiger partial charge on any atom is -0.342 e. The Morgan fingerprint density at radius 3 is 2.40 bits per heavy atom. The second-order valence-electron chi connectivity index (χ2n) is 8.42. The average Bonchev–Trinajstić information content (AvgIpc) is 2.89. The van der Waals surface area contributed by atoms with Crippen molar-refractivity contribution in [2.24, 2.45) is 23.2 Å². The van der Waals surface area contributed by atoms with Crippen LogP contribution in [-0.4, -0.2) is 47.0 Å². The van der Waals surface area contributed by atoms with E-state index in [-0.39, 0.29) is 17.0 Å². The van der Waals surface area contributed by atoms with Gasteiger partial charge < -0.3 is 9.80 Å². The number of aromatic amines is 1. The molecule has 0 spiro atoms. The SMILES string of the molecule is CCc1nc(N2CC3CN(C(=O)C4CC4(C)C)CC3C2)[nH]c(=O)c1F. The lowest BCUT2D eigenvalue weighted by Crippen LogP contribution is -2.36. The number of nitrogens with one attached hydrogen (secondary N) is 1. The second kappa shape index (κ2) is 5.54. The Balaban J connectivity index is 1.44. The van der Waals surface area contributed by atoms with Crippen LogP contribution in [0, 0.1) is 29.0 Å². The highest BCUT2D eigenvalue weighted by Gasteiger charge is 2.54. The lowest BCUT2D eigenvalue weighted by molar-refractivity contribution is -0.132. The average molecular weight is 348 g/mol. The molecule has 3 fully saturated rings. The van der Waals surface area contributed by atoms with Crippen LogP contribution in [0.2, 0.25) is 0 Å². The van der Waals surface area contributed by atoms with Crippen LogP contribution in [0.3, 0.4) is 0 Å². The van der Waals surface area contributed by atoms with Gasteiger partial charge in [0.05, 0.1) is 5.69 Å². The van der Waals surface area contributed by atoms with Gasteiger partial charge in [-0.3, -0.25) is 14.6 Å². The molecule has 6 nitrogen and oxygen atoms in total. The number of nitrogens with zero attached hydrogens (tertiary/aromatic N) is 3. The molecule has 3 heterocycles. The van der Waals surface area contributed by atoms with Crippen LogP contribution in [-0.2, 0) is 11.2 Å². The van der Waals surface area contributed by atoms with Gasteiger partial charge in [0.25, 0.3) is 5.56 Å². The number of H-pyrrole nitrogens is 1. The third-order valence-electron chi connectivity index (χ3n) is 6.16. The number of rotatable bonds is 3. The van der Waals surface area contributed by atoms with Crippen LogP contribution in [0.1, 0.15) is 32.9 Å². The van der Waals surface area contributed by atoms with Gasteiger partial charge in [-0.05, 0) is 18.3 Å². The lowest BCUT2D eigenvalue weighted by atomic mass is 10.0. The minimum absolute atomic E-state index is 0.162. The van der Waals surface area contributed by atoms with E-state index in [0.717, 1.165) is 32.6 Å². The van der Waals surface area contributed by atoms with Crippen LogP contribution in [0.15, 0.2) is 4.79 Å². The molecule has 25 heavy (non-hydrogen) atoms. The topological polar surface area (TPSA) is 69.3 Å². The summed E-state index contributed by atoms with van der Waals surface area (Å²) in [7, 11) is 0. The highest BCUT2D eigenvalue weighted by molar-refractivity contribution is 5.82. The zero-order valence-corrected chi connectivity index (χ0v) is 15.0. The summed E-state index contributed by atoms with van der Waals surface area (Å²) in [5.41, 5.74) is -0.329. The number of anilines is 1. The van der Waals surface area contributed by atoms with Crippen LogP contribution < -0.4 is 10.5 Å². The Kier molecular flexibility index (Phi) is 3.67. The number of aryl methyl sites for hydroxylation is 1. The standard InChI is InChI=1S/C18H25FN4O2/c1-4-13-14(19)15(24)21-17(20-13)23-8-10-6-22(7-11(10)9-23)16(25)12-5-18(12,2)3/h10-12H,4-9H2,1-3H3,(H,20,21,24). The number of fused-ring (bicyclic) bond motifs is 1.